The van der Waals surface area contributed by atoms with Crippen LogP contribution in [0, 0.1) is 0 Å². The Bertz CT molecular complexity index is 1260. The third kappa shape index (κ3) is 4.68. The summed E-state index contributed by atoms with van der Waals surface area (Å²) in [5.74, 6) is -1.32. The lowest BCUT2D eigenvalue weighted by atomic mass is 10.1. The topological polar surface area (TPSA) is 108 Å². The van der Waals surface area contributed by atoms with E-state index < -0.39 is 11.8 Å². The number of nitrogens with one attached hydrogen (secondary N) is 3. The first-order valence-corrected chi connectivity index (χ1v) is 10.9. The monoisotopic (exact) mass is 460 g/mol. The third-order valence-corrected chi connectivity index (χ3v) is 5.66. The number of amides is 4. The van der Waals surface area contributed by atoms with E-state index in [1.165, 1.54) is 25.2 Å². The van der Waals surface area contributed by atoms with Crippen molar-refractivity contribution in [2.45, 2.75) is 13.8 Å². The van der Waals surface area contributed by atoms with Crippen molar-refractivity contribution in [1.29, 1.82) is 0 Å². The van der Waals surface area contributed by atoms with Crippen LogP contribution in [0.4, 0.5) is 22.7 Å². The number of hydrogen-bond acceptors (Lipinski definition) is 6. The van der Waals surface area contributed by atoms with Crippen molar-refractivity contribution < 1.29 is 19.2 Å². The Morgan fingerprint density at radius 2 is 1.30 bits per heavy atom. The third-order valence-electron chi connectivity index (χ3n) is 4.77. The molecule has 1 aliphatic heterocycles. The highest BCUT2D eigenvalue weighted by Gasteiger charge is 2.40. The van der Waals surface area contributed by atoms with Crippen LogP contribution in [0.2, 0.25) is 0 Å². The van der Waals surface area contributed by atoms with Crippen LogP contribution in [0.25, 0.3) is 5.57 Å². The van der Waals surface area contributed by atoms with E-state index in [2.05, 4.69) is 16.0 Å². The molecular formula is C24H20N4O4S. The minimum atomic E-state index is -0.485. The zero-order chi connectivity index (χ0) is 23.5. The van der Waals surface area contributed by atoms with E-state index >= 15 is 0 Å². The molecule has 0 unspecified atom stereocenters. The Kier molecular flexibility index (Phi) is 6.05. The summed E-state index contributed by atoms with van der Waals surface area (Å²) in [6, 6.07) is 16.9. The minimum absolute atomic E-state index is 0.167. The van der Waals surface area contributed by atoms with Crippen molar-refractivity contribution in [2.75, 3.05) is 20.9 Å². The highest BCUT2D eigenvalue weighted by molar-refractivity contribution is 7.11. The molecule has 0 saturated carbocycles. The van der Waals surface area contributed by atoms with Crippen molar-refractivity contribution in [1.82, 2.24) is 0 Å². The van der Waals surface area contributed by atoms with E-state index in [1.807, 2.05) is 11.4 Å². The second-order valence-corrected chi connectivity index (χ2v) is 8.23. The van der Waals surface area contributed by atoms with Gasteiger partial charge in [-0.2, -0.15) is 0 Å². The number of thiophene rings is 1. The van der Waals surface area contributed by atoms with Crippen LogP contribution in [0.5, 0.6) is 0 Å². The van der Waals surface area contributed by atoms with Gasteiger partial charge in [-0.15, -0.1) is 11.3 Å². The van der Waals surface area contributed by atoms with Crippen molar-refractivity contribution >= 4 is 63.3 Å². The Labute approximate surface area is 193 Å². The molecule has 3 aromatic rings. The van der Waals surface area contributed by atoms with Crippen molar-refractivity contribution in [2.24, 2.45) is 0 Å². The average Bonchev–Trinajstić information content (AvgIpc) is 3.36. The standard InChI is InChI=1S/C24H20N4O4S/c1-14(29)25-16-5-7-18(8-6-16)27-22-21(20-4-3-13-33-20)23(31)28(24(22)32)19-11-9-17(10-12-19)26-15(2)30/h3-13,27H,1-2H3,(H,25,29)(H,26,30). The first-order valence-electron chi connectivity index (χ1n) is 10.0. The van der Waals surface area contributed by atoms with Gasteiger partial charge in [-0.1, -0.05) is 6.07 Å². The Morgan fingerprint density at radius 1 is 0.758 bits per heavy atom. The molecule has 0 atom stereocenters. The van der Waals surface area contributed by atoms with Gasteiger partial charge in [0.2, 0.25) is 11.8 Å². The van der Waals surface area contributed by atoms with Crippen LogP contribution in [0.1, 0.15) is 18.7 Å². The fourth-order valence-electron chi connectivity index (χ4n) is 3.41. The zero-order valence-electron chi connectivity index (χ0n) is 17.8. The van der Waals surface area contributed by atoms with Crippen molar-refractivity contribution in [3.63, 3.8) is 0 Å². The number of nitrogens with zero attached hydrogens (tertiary/aromatic N) is 1. The molecular weight excluding hydrogens is 440 g/mol. The molecule has 0 aliphatic carbocycles. The van der Waals surface area contributed by atoms with Crippen molar-refractivity contribution in [3.05, 3.63) is 76.6 Å². The van der Waals surface area contributed by atoms with Crippen LogP contribution in [0.15, 0.2) is 71.7 Å². The summed E-state index contributed by atoms with van der Waals surface area (Å²) in [6.07, 6.45) is 0. The summed E-state index contributed by atoms with van der Waals surface area (Å²) in [7, 11) is 0. The lowest BCUT2D eigenvalue weighted by molar-refractivity contribution is -0.120. The Morgan fingerprint density at radius 3 is 1.82 bits per heavy atom. The van der Waals surface area contributed by atoms with Gasteiger partial charge in [0.25, 0.3) is 11.8 Å². The predicted molar refractivity (Wildman–Crippen MR) is 129 cm³/mol. The molecule has 0 spiro atoms. The molecule has 33 heavy (non-hydrogen) atoms. The molecule has 4 amide bonds. The summed E-state index contributed by atoms with van der Waals surface area (Å²) in [4.78, 5) is 51.0. The summed E-state index contributed by atoms with van der Waals surface area (Å²) in [6.45, 7) is 2.82. The quantitative estimate of drug-likeness (QED) is 0.481. The normalized spacial score (nSPS) is 13.3. The Balaban J connectivity index is 1.66. The van der Waals surface area contributed by atoms with Gasteiger partial charge in [0.05, 0.1) is 11.3 Å². The largest absolute Gasteiger partial charge is 0.350 e. The SMILES string of the molecule is CC(=O)Nc1ccc(NC2=C(c3cccs3)C(=O)N(c3ccc(NC(C)=O)cc3)C2=O)cc1. The molecule has 0 bridgehead atoms. The number of carbonyl (C=O) groups is 4. The summed E-state index contributed by atoms with van der Waals surface area (Å²) >= 11 is 1.36. The number of carbonyl (C=O) groups excluding carboxylic acids is 4. The first kappa shape index (κ1) is 22.0. The van der Waals surface area contributed by atoms with Gasteiger partial charge < -0.3 is 16.0 Å². The maximum atomic E-state index is 13.4. The fourth-order valence-corrected chi connectivity index (χ4v) is 4.18. The van der Waals surface area contributed by atoms with Crippen molar-refractivity contribution in [3.8, 4) is 0 Å². The van der Waals surface area contributed by atoms with Crippen LogP contribution in [0.3, 0.4) is 0 Å². The van der Waals surface area contributed by atoms with Gasteiger partial charge in [0.1, 0.15) is 5.70 Å². The summed E-state index contributed by atoms with van der Waals surface area (Å²) < 4.78 is 0. The summed E-state index contributed by atoms with van der Waals surface area (Å²) in [5, 5.41) is 10.3. The van der Waals surface area contributed by atoms with Crippen LogP contribution in [-0.2, 0) is 19.2 Å². The molecule has 1 aliphatic rings. The van der Waals surface area contributed by atoms with E-state index in [0.29, 0.717) is 27.6 Å². The zero-order valence-corrected chi connectivity index (χ0v) is 18.7. The number of imide groups is 1. The molecule has 2 heterocycles. The molecule has 8 nitrogen and oxygen atoms in total. The van der Waals surface area contributed by atoms with Gasteiger partial charge in [0.15, 0.2) is 0 Å². The van der Waals surface area contributed by atoms with Gasteiger partial charge >= 0.3 is 0 Å². The molecule has 3 N–H and O–H groups in total. The van der Waals surface area contributed by atoms with Gasteiger partial charge in [-0.25, -0.2) is 4.90 Å². The van der Waals surface area contributed by atoms with Crippen LogP contribution < -0.4 is 20.9 Å². The van der Waals surface area contributed by atoms with Crippen LogP contribution >= 0.6 is 11.3 Å². The maximum Gasteiger partial charge on any atom is 0.282 e. The number of rotatable bonds is 6. The lowest BCUT2D eigenvalue weighted by Crippen LogP contribution is -2.32. The summed E-state index contributed by atoms with van der Waals surface area (Å²) in [5.41, 5.74) is 2.63. The van der Waals surface area contributed by atoms with Crippen LogP contribution in [-0.4, -0.2) is 23.6 Å². The lowest BCUT2D eigenvalue weighted by Gasteiger charge is -2.16. The first-order chi connectivity index (χ1) is 15.8. The average molecular weight is 461 g/mol. The molecule has 4 rings (SSSR count). The van der Waals surface area contributed by atoms with E-state index in [0.717, 1.165) is 4.90 Å². The highest BCUT2D eigenvalue weighted by Crippen LogP contribution is 2.36. The molecule has 9 heteroatoms. The van der Waals surface area contributed by atoms with Gasteiger partial charge in [-0.05, 0) is 60.0 Å². The second kappa shape index (κ2) is 9.09. The van der Waals surface area contributed by atoms with Gasteiger partial charge in [0, 0.05) is 35.8 Å². The van der Waals surface area contributed by atoms with E-state index in [1.54, 1.807) is 54.6 Å². The smallest absolute Gasteiger partial charge is 0.282 e. The predicted octanol–water partition coefficient (Wildman–Crippen LogP) is 4.06. The molecule has 0 radical (unpaired) electrons. The molecule has 1 aromatic heterocycles. The number of anilines is 4. The molecule has 166 valence electrons. The second-order valence-electron chi connectivity index (χ2n) is 7.28. The minimum Gasteiger partial charge on any atom is -0.350 e. The number of benzene rings is 2. The maximum absolute atomic E-state index is 13.4. The number of hydrogen-bond donors (Lipinski definition) is 3. The van der Waals surface area contributed by atoms with E-state index in [-0.39, 0.29) is 23.1 Å². The van der Waals surface area contributed by atoms with E-state index in [9.17, 15) is 19.2 Å². The molecule has 2 aromatic carbocycles. The highest BCUT2D eigenvalue weighted by atomic mass is 32.1. The Hall–Kier alpha value is -4.24. The fraction of sp³-hybridized carbons (Fsp3) is 0.0833. The molecule has 0 saturated heterocycles. The van der Waals surface area contributed by atoms with E-state index in [4.69, 9.17) is 0 Å². The molecule has 0 fully saturated rings. The van der Waals surface area contributed by atoms with Gasteiger partial charge in [-0.3, -0.25) is 19.2 Å².